The van der Waals surface area contributed by atoms with Gasteiger partial charge >= 0.3 is 0 Å². The fourth-order valence-electron chi connectivity index (χ4n) is 5.30. The standard InChI is InChI=1S/C21H32N4O/c1-14(2)20(26)16-6-4-15(5-7-16)17-10-22-21(23-11-17)25-18-8-9-19(25)13-24(3)12-18/h10-11,14-16,18-19H,4-9,12-13H2,1-3H3/t15-,16-,18?,19?. The molecular formula is C21H32N4O. The lowest BCUT2D eigenvalue weighted by Crippen LogP contribution is -2.53. The molecule has 0 amide bonds. The molecule has 0 aromatic carbocycles. The summed E-state index contributed by atoms with van der Waals surface area (Å²) in [5.41, 5.74) is 1.26. The fraction of sp³-hybridized carbons (Fsp3) is 0.762. The number of carbonyl (C=O) groups is 1. The topological polar surface area (TPSA) is 49.3 Å². The molecule has 2 unspecified atom stereocenters. The van der Waals surface area contributed by atoms with Crippen molar-refractivity contribution < 1.29 is 4.79 Å². The number of likely N-dealkylation sites (tertiary alicyclic amines) is 1. The zero-order valence-corrected chi connectivity index (χ0v) is 16.4. The summed E-state index contributed by atoms with van der Waals surface area (Å²) in [5.74, 6) is 2.31. The lowest BCUT2D eigenvalue weighted by Gasteiger charge is -2.39. The summed E-state index contributed by atoms with van der Waals surface area (Å²) in [6.45, 7) is 6.28. The van der Waals surface area contributed by atoms with E-state index in [0.29, 0.717) is 23.8 Å². The predicted molar refractivity (Wildman–Crippen MR) is 103 cm³/mol. The second kappa shape index (κ2) is 7.26. The van der Waals surface area contributed by atoms with Crippen molar-refractivity contribution in [2.45, 2.75) is 70.4 Å². The highest BCUT2D eigenvalue weighted by Gasteiger charge is 2.40. The molecule has 0 spiro atoms. The fourth-order valence-corrected chi connectivity index (χ4v) is 5.30. The SMILES string of the molecule is CC(C)C(=O)[C@H]1CC[C@H](c2cnc(N3C4CCC3CN(C)C4)nc2)CC1. The number of aromatic nitrogens is 2. The minimum absolute atomic E-state index is 0.165. The van der Waals surface area contributed by atoms with Gasteiger partial charge in [0.05, 0.1) is 0 Å². The molecule has 2 bridgehead atoms. The Labute approximate surface area is 157 Å². The summed E-state index contributed by atoms with van der Waals surface area (Å²) < 4.78 is 0. The van der Waals surface area contributed by atoms with Crippen LogP contribution in [0.5, 0.6) is 0 Å². The lowest BCUT2D eigenvalue weighted by atomic mass is 9.76. The van der Waals surface area contributed by atoms with Gasteiger partial charge in [-0.3, -0.25) is 4.79 Å². The zero-order valence-electron chi connectivity index (χ0n) is 16.4. The van der Waals surface area contributed by atoms with Crippen molar-refractivity contribution in [1.82, 2.24) is 14.9 Å². The largest absolute Gasteiger partial charge is 0.332 e. The number of anilines is 1. The van der Waals surface area contributed by atoms with E-state index < -0.39 is 0 Å². The highest BCUT2D eigenvalue weighted by atomic mass is 16.1. The van der Waals surface area contributed by atoms with Crippen LogP contribution in [0, 0.1) is 11.8 Å². The molecule has 2 aliphatic heterocycles. The van der Waals surface area contributed by atoms with Crippen molar-refractivity contribution in [2.75, 3.05) is 25.0 Å². The first-order valence-electron chi connectivity index (χ1n) is 10.4. The van der Waals surface area contributed by atoms with Crippen LogP contribution in [0.3, 0.4) is 0 Å². The number of piperazine rings is 1. The molecule has 142 valence electrons. The minimum Gasteiger partial charge on any atom is -0.332 e. The number of rotatable bonds is 4. The molecule has 2 atom stereocenters. The van der Waals surface area contributed by atoms with Crippen molar-refractivity contribution in [3.63, 3.8) is 0 Å². The molecule has 5 nitrogen and oxygen atoms in total. The van der Waals surface area contributed by atoms with E-state index in [1.807, 2.05) is 13.8 Å². The Balaban J connectivity index is 1.39. The van der Waals surface area contributed by atoms with Crippen molar-refractivity contribution >= 4 is 11.7 Å². The number of hydrogen-bond donors (Lipinski definition) is 0. The van der Waals surface area contributed by atoms with E-state index in [9.17, 15) is 4.79 Å². The first kappa shape index (κ1) is 17.9. The molecule has 5 heteroatoms. The lowest BCUT2D eigenvalue weighted by molar-refractivity contribution is -0.126. The normalized spacial score (nSPS) is 32.2. The highest BCUT2D eigenvalue weighted by Crippen LogP contribution is 2.37. The van der Waals surface area contributed by atoms with E-state index in [1.165, 1.54) is 18.4 Å². The van der Waals surface area contributed by atoms with Crippen LogP contribution in [0.2, 0.25) is 0 Å². The molecule has 1 aromatic rings. The average Bonchev–Trinajstić information content (AvgIpc) is 2.92. The van der Waals surface area contributed by atoms with Gasteiger partial charge in [-0.05, 0) is 57.1 Å². The number of likely N-dealkylation sites (N-methyl/N-ethyl adjacent to an activating group) is 1. The zero-order chi connectivity index (χ0) is 18.3. The Kier molecular flexibility index (Phi) is 5.00. The number of hydrogen-bond acceptors (Lipinski definition) is 5. The maximum atomic E-state index is 12.2. The number of Topliss-reactive ketones (excluding diaryl/α,β-unsaturated/α-hetero) is 1. The Morgan fingerprint density at radius 1 is 1.00 bits per heavy atom. The van der Waals surface area contributed by atoms with Gasteiger partial charge in [0.2, 0.25) is 5.95 Å². The van der Waals surface area contributed by atoms with Gasteiger partial charge in [0, 0.05) is 49.4 Å². The molecule has 1 saturated carbocycles. The van der Waals surface area contributed by atoms with Crippen LogP contribution in [0.25, 0.3) is 0 Å². The van der Waals surface area contributed by atoms with E-state index in [2.05, 4.69) is 29.2 Å². The quantitative estimate of drug-likeness (QED) is 0.829. The van der Waals surface area contributed by atoms with E-state index in [0.717, 1.165) is 44.7 Å². The molecule has 1 aromatic heterocycles. The van der Waals surface area contributed by atoms with Crippen molar-refractivity contribution in [3.8, 4) is 0 Å². The van der Waals surface area contributed by atoms with Gasteiger partial charge in [0.1, 0.15) is 5.78 Å². The van der Waals surface area contributed by atoms with Crippen LogP contribution in [-0.2, 0) is 4.79 Å². The number of carbonyl (C=O) groups excluding carboxylic acids is 1. The summed E-state index contributed by atoms with van der Waals surface area (Å²) in [7, 11) is 2.22. The summed E-state index contributed by atoms with van der Waals surface area (Å²) in [6, 6.07) is 1.14. The molecule has 3 aliphatic rings. The molecular weight excluding hydrogens is 324 g/mol. The van der Waals surface area contributed by atoms with Gasteiger partial charge < -0.3 is 9.80 Å². The highest BCUT2D eigenvalue weighted by molar-refractivity contribution is 5.82. The second-order valence-corrected chi connectivity index (χ2v) is 8.94. The van der Waals surface area contributed by atoms with Gasteiger partial charge in [-0.1, -0.05) is 13.8 Å². The third-order valence-corrected chi connectivity index (χ3v) is 6.72. The van der Waals surface area contributed by atoms with Gasteiger partial charge in [-0.25, -0.2) is 9.97 Å². The van der Waals surface area contributed by atoms with Gasteiger partial charge in [0.25, 0.3) is 0 Å². The Morgan fingerprint density at radius 2 is 1.58 bits per heavy atom. The Bertz CT molecular complexity index is 622. The number of fused-ring (bicyclic) bond motifs is 2. The maximum absolute atomic E-state index is 12.2. The average molecular weight is 357 g/mol. The van der Waals surface area contributed by atoms with E-state index in [1.54, 1.807) is 0 Å². The monoisotopic (exact) mass is 356 g/mol. The van der Waals surface area contributed by atoms with Crippen molar-refractivity contribution in [1.29, 1.82) is 0 Å². The smallest absolute Gasteiger partial charge is 0.225 e. The maximum Gasteiger partial charge on any atom is 0.225 e. The van der Waals surface area contributed by atoms with E-state index in [-0.39, 0.29) is 11.8 Å². The van der Waals surface area contributed by atoms with Crippen LogP contribution in [-0.4, -0.2) is 52.9 Å². The molecule has 0 N–H and O–H groups in total. The number of nitrogens with zero attached hydrogens (tertiary/aromatic N) is 4. The molecule has 1 aliphatic carbocycles. The van der Waals surface area contributed by atoms with Crippen LogP contribution in [0.15, 0.2) is 12.4 Å². The molecule has 0 radical (unpaired) electrons. The van der Waals surface area contributed by atoms with Crippen molar-refractivity contribution in [3.05, 3.63) is 18.0 Å². The van der Waals surface area contributed by atoms with Crippen LogP contribution in [0.4, 0.5) is 5.95 Å². The van der Waals surface area contributed by atoms with Crippen LogP contribution in [0.1, 0.15) is 63.9 Å². The van der Waals surface area contributed by atoms with Gasteiger partial charge in [-0.15, -0.1) is 0 Å². The molecule has 3 fully saturated rings. The summed E-state index contributed by atoms with van der Waals surface area (Å²) in [4.78, 5) is 26.6. The predicted octanol–water partition coefficient (Wildman–Crippen LogP) is 3.26. The summed E-state index contributed by atoms with van der Waals surface area (Å²) in [5, 5.41) is 0. The van der Waals surface area contributed by atoms with E-state index >= 15 is 0 Å². The third kappa shape index (κ3) is 3.38. The molecule has 26 heavy (non-hydrogen) atoms. The second-order valence-electron chi connectivity index (χ2n) is 8.94. The summed E-state index contributed by atoms with van der Waals surface area (Å²) in [6.07, 6.45) is 10.8. The minimum atomic E-state index is 0.165. The third-order valence-electron chi connectivity index (χ3n) is 6.72. The van der Waals surface area contributed by atoms with Gasteiger partial charge in [-0.2, -0.15) is 0 Å². The van der Waals surface area contributed by atoms with Crippen molar-refractivity contribution in [2.24, 2.45) is 11.8 Å². The number of ketones is 1. The Hall–Kier alpha value is -1.49. The first-order chi connectivity index (χ1) is 12.5. The molecule has 3 heterocycles. The van der Waals surface area contributed by atoms with Crippen LogP contribution >= 0.6 is 0 Å². The molecule has 4 rings (SSSR count). The first-order valence-corrected chi connectivity index (χ1v) is 10.4. The summed E-state index contributed by atoms with van der Waals surface area (Å²) >= 11 is 0. The van der Waals surface area contributed by atoms with Gasteiger partial charge in [0.15, 0.2) is 0 Å². The Morgan fingerprint density at radius 3 is 2.12 bits per heavy atom. The molecule has 2 saturated heterocycles. The van der Waals surface area contributed by atoms with E-state index in [4.69, 9.17) is 9.97 Å². The van der Waals surface area contributed by atoms with Crippen LogP contribution < -0.4 is 4.90 Å².